The van der Waals surface area contributed by atoms with Crippen molar-refractivity contribution in [2.24, 2.45) is 0 Å². The number of aromatic hydroxyl groups is 1. The van der Waals surface area contributed by atoms with Crippen LogP contribution in [-0.2, 0) is 0 Å². The van der Waals surface area contributed by atoms with Gasteiger partial charge < -0.3 is 14.7 Å². The Morgan fingerprint density at radius 2 is 1.90 bits per heavy atom. The Balaban J connectivity index is 1.78. The average molecular weight is 418 g/mol. The van der Waals surface area contributed by atoms with Crippen molar-refractivity contribution in [3.05, 3.63) is 88.1 Å². The minimum atomic E-state index is -0.574. The fraction of sp³-hybridized carbons (Fsp3) is 0.261. The molecule has 1 atom stereocenters. The molecule has 0 radical (unpaired) electrons. The molecule has 158 valence electrons. The molecule has 0 saturated heterocycles. The zero-order chi connectivity index (χ0) is 21.4. The highest BCUT2D eigenvalue weighted by atomic mass is 16.5. The molecule has 1 N–H and O–H groups in total. The maximum absolute atomic E-state index is 13.2. The van der Waals surface area contributed by atoms with Crippen LogP contribution in [0.4, 0.5) is 0 Å². The van der Waals surface area contributed by atoms with Crippen molar-refractivity contribution >= 4 is 5.91 Å². The highest BCUT2D eigenvalue weighted by Crippen LogP contribution is 2.36. The summed E-state index contributed by atoms with van der Waals surface area (Å²) < 4.78 is 7.67. The first-order valence-electron chi connectivity index (χ1n) is 10.3. The van der Waals surface area contributed by atoms with Gasteiger partial charge in [0.2, 0.25) is 5.43 Å². The number of carbonyl (C=O) groups excluding carboxylic acids is 1. The van der Waals surface area contributed by atoms with Crippen LogP contribution in [0.1, 0.15) is 40.5 Å². The maximum atomic E-state index is 13.2. The number of carbonyl (C=O) groups is 1. The summed E-state index contributed by atoms with van der Waals surface area (Å²) >= 11 is 0. The van der Waals surface area contributed by atoms with Gasteiger partial charge in [-0.1, -0.05) is 30.3 Å². The first-order valence-corrected chi connectivity index (χ1v) is 10.3. The largest absolute Gasteiger partial charge is 0.502 e. The molecule has 2 aliphatic rings. The molecule has 0 spiro atoms. The lowest BCUT2D eigenvalue weighted by atomic mass is 9.98. The number of nitrogens with zero attached hydrogens (tertiary/aromatic N) is 4. The van der Waals surface area contributed by atoms with Gasteiger partial charge in [0, 0.05) is 30.6 Å². The molecule has 0 saturated carbocycles. The molecular formula is C23H22N4O4. The Bertz CT molecular complexity index is 1180. The van der Waals surface area contributed by atoms with Gasteiger partial charge in [0.1, 0.15) is 18.5 Å². The summed E-state index contributed by atoms with van der Waals surface area (Å²) in [6.07, 6.45) is 6.48. The average Bonchev–Trinajstić information content (AvgIpc) is 2.82. The third-order valence-corrected chi connectivity index (χ3v) is 5.74. The molecule has 2 aromatic heterocycles. The molecule has 2 aliphatic heterocycles. The van der Waals surface area contributed by atoms with E-state index in [0.29, 0.717) is 25.6 Å². The van der Waals surface area contributed by atoms with Crippen LogP contribution >= 0.6 is 0 Å². The monoisotopic (exact) mass is 418 g/mol. The van der Waals surface area contributed by atoms with Crippen molar-refractivity contribution in [3.63, 3.8) is 0 Å². The van der Waals surface area contributed by atoms with Gasteiger partial charge in [-0.25, -0.2) is 0 Å². The molecule has 31 heavy (non-hydrogen) atoms. The van der Waals surface area contributed by atoms with E-state index in [9.17, 15) is 14.7 Å². The summed E-state index contributed by atoms with van der Waals surface area (Å²) in [5.41, 5.74) is 1.28. The topological polar surface area (TPSA) is 87.9 Å². The van der Waals surface area contributed by atoms with Crippen molar-refractivity contribution < 1.29 is 14.6 Å². The first kappa shape index (κ1) is 19.2. The van der Waals surface area contributed by atoms with Crippen molar-refractivity contribution in [1.82, 2.24) is 14.6 Å². The number of hydrogen-bond acceptors (Lipinski definition) is 6. The predicted octanol–water partition coefficient (Wildman–Crippen LogP) is 2.26. The zero-order valence-corrected chi connectivity index (χ0v) is 16.8. The molecule has 4 heterocycles. The summed E-state index contributed by atoms with van der Waals surface area (Å²) in [5, 5.41) is 12.5. The summed E-state index contributed by atoms with van der Waals surface area (Å²) in [7, 11) is 0. The van der Waals surface area contributed by atoms with Crippen LogP contribution in [-0.4, -0.2) is 45.4 Å². The molecule has 2 bridgehead atoms. The molecule has 0 aliphatic carbocycles. The number of amides is 1. The maximum Gasteiger partial charge on any atom is 0.277 e. The number of rotatable bonds is 1. The SMILES string of the molecule is O=C1c2c(O)c(=O)ccn2N2CN1CCCCOc1cnccc1[C@H]2c1ccccc1. The number of ether oxygens (including phenoxy) is 1. The van der Waals surface area contributed by atoms with Crippen molar-refractivity contribution in [3.8, 4) is 11.5 Å². The normalized spacial score (nSPS) is 18.5. The quantitative estimate of drug-likeness (QED) is 0.652. The number of pyridine rings is 2. The summed E-state index contributed by atoms with van der Waals surface area (Å²) in [6, 6.07) is 12.7. The van der Waals surface area contributed by atoms with Gasteiger partial charge in [0.25, 0.3) is 5.91 Å². The third kappa shape index (κ3) is 3.30. The van der Waals surface area contributed by atoms with Crippen LogP contribution in [0.15, 0.2) is 65.8 Å². The van der Waals surface area contributed by atoms with Gasteiger partial charge in [-0.15, -0.1) is 0 Å². The van der Waals surface area contributed by atoms with Gasteiger partial charge in [0.15, 0.2) is 11.4 Å². The second kappa shape index (κ2) is 7.79. The van der Waals surface area contributed by atoms with Crippen molar-refractivity contribution in [2.45, 2.75) is 18.9 Å². The summed E-state index contributed by atoms with van der Waals surface area (Å²) in [4.78, 5) is 31.3. The van der Waals surface area contributed by atoms with E-state index in [1.165, 1.54) is 6.07 Å². The van der Waals surface area contributed by atoms with E-state index in [4.69, 9.17) is 4.74 Å². The highest BCUT2D eigenvalue weighted by molar-refractivity contribution is 5.96. The minimum Gasteiger partial charge on any atom is -0.502 e. The first-order chi connectivity index (χ1) is 15.1. The second-order valence-corrected chi connectivity index (χ2v) is 7.65. The lowest BCUT2D eigenvalue weighted by molar-refractivity contribution is 0.0676. The van der Waals surface area contributed by atoms with Gasteiger partial charge in [-0.05, 0) is 24.5 Å². The third-order valence-electron chi connectivity index (χ3n) is 5.74. The van der Waals surface area contributed by atoms with Crippen molar-refractivity contribution in [1.29, 1.82) is 0 Å². The van der Waals surface area contributed by atoms with Gasteiger partial charge in [-0.2, -0.15) is 0 Å². The van der Waals surface area contributed by atoms with Crippen LogP contribution in [0, 0.1) is 0 Å². The van der Waals surface area contributed by atoms with E-state index in [2.05, 4.69) is 4.98 Å². The van der Waals surface area contributed by atoms with E-state index >= 15 is 0 Å². The molecule has 8 nitrogen and oxygen atoms in total. The fourth-order valence-corrected chi connectivity index (χ4v) is 4.24. The highest BCUT2D eigenvalue weighted by Gasteiger charge is 2.37. The number of fused-ring (bicyclic) bond motifs is 5. The Hall–Kier alpha value is -3.81. The Morgan fingerprint density at radius 1 is 1.06 bits per heavy atom. The Morgan fingerprint density at radius 3 is 2.74 bits per heavy atom. The summed E-state index contributed by atoms with van der Waals surface area (Å²) in [5.74, 6) is -0.211. The van der Waals surface area contributed by atoms with Gasteiger partial charge in [0.05, 0.1) is 12.8 Å². The van der Waals surface area contributed by atoms with E-state index < -0.39 is 11.2 Å². The van der Waals surface area contributed by atoms with E-state index in [0.717, 1.165) is 24.0 Å². The number of benzene rings is 1. The van der Waals surface area contributed by atoms with Crippen LogP contribution in [0.3, 0.4) is 0 Å². The molecule has 5 rings (SSSR count). The van der Waals surface area contributed by atoms with Crippen LogP contribution in [0.2, 0.25) is 0 Å². The Labute approximate surface area is 178 Å². The van der Waals surface area contributed by atoms with E-state index in [1.807, 2.05) is 41.4 Å². The number of aromatic nitrogens is 2. The molecule has 0 unspecified atom stereocenters. The van der Waals surface area contributed by atoms with Gasteiger partial charge >= 0.3 is 0 Å². The van der Waals surface area contributed by atoms with Crippen LogP contribution in [0.25, 0.3) is 0 Å². The fourth-order valence-electron chi connectivity index (χ4n) is 4.24. The molecule has 3 aromatic rings. The summed E-state index contributed by atoms with van der Waals surface area (Å²) in [6.45, 7) is 1.31. The van der Waals surface area contributed by atoms with E-state index in [1.54, 1.807) is 28.2 Å². The van der Waals surface area contributed by atoms with Gasteiger partial charge in [-0.3, -0.25) is 24.3 Å². The minimum absolute atomic E-state index is 0.0181. The molecule has 0 fully saturated rings. The second-order valence-electron chi connectivity index (χ2n) is 7.65. The smallest absolute Gasteiger partial charge is 0.277 e. The lowest BCUT2D eigenvalue weighted by Gasteiger charge is -2.44. The number of hydrogen-bond donors (Lipinski definition) is 1. The standard InChI is InChI=1S/C23H22N4O4/c28-18-9-12-26-21(22(18)29)23(30)25-11-4-5-13-31-19-14-24-10-8-17(19)20(27(26)15-25)16-6-2-1-3-7-16/h1-3,6-10,12,14,20,29H,4-5,11,13,15H2/t20-/m1/s1. The van der Waals surface area contributed by atoms with E-state index in [-0.39, 0.29) is 17.6 Å². The lowest BCUT2D eigenvalue weighted by Crippen LogP contribution is -2.55. The predicted molar refractivity (Wildman–Crippen MR) is 114 cm³/mol. The molecular weight excluding hydrogens is 396 g/mol. The molecule has 1 aromatic carbocycles. The zero-order valence-electron chi connectivity index (χ0n) is 16.8. The molecule has 8 heteroatoms. The van der Waals surface area contributed by atoms with Crippen LogP contribution in [0.5, 0.6) is 11.5 Å². The van der Waals surface area contributed by atoms with Crippen molar-refractivity contribution in [2.75, 3.05) is 24.8 Å². The molecule has 1 amide bonds. The Kier molecular flexibility index (Phi) is 4.82. The van der Waals surface area contributed by atoms with Crippen LogP contribution < -0.4 is 15.2 Å².